The number of hydrogen-bond acceptors (Lipinski definition) is 5. The Morgan fingerprint density at radius 3 is 2.55 bits per heavy atom. The largest absolute Gasteiger partial charge is 0.481 e. The van der Waals surface area contributed by atoms with Crippen molar-refractivity contribution in [1.29, 1.82) is 0 Å². The normalized spacial score (nSPS) is 22.6. The number of sulfone groups is 1. The summed E-state index contributed by atoms with van der Waals surface area (Å²) in [6, 6.07) is 2.28. The molecule has 110 valence electrons. The zero-order valence-corrected chi connectivity index (χ0v) is 11.6. The summed E-state index contributed by atoms with van der Waals surface area (Å²) < 4.78 is 27.5. The number of rotatable bonds is 4. The maximum Gasteiger partial charge on any atom is 0.306 e. The number of furan rings is 1. The van der Waals surface area contributed by atoms with Crippen LogP contribution in [0.25, 0.3) is 0 Å². The number of amides is 1. The van der Waals surface area contributed by atoms with E-state index in [0.29, 0.717) is 19.3 Å². The van der Waals surface area contributed by atoms with E-state index in [4.69, 9.17) is 9.52 Å². The zero-order chi connectivity index (χ0) is 14.9. The molecular weight excluding hydrogens is 286 g/mol. The molecule has 1 aliphatic rings. The Hall–Kier alpha value is -1.83. The molecule has 1 aromatic heterocycles. The lowest BCUT2D eigenvalue weighted by molar-refractivity contribution is -0.141. The molecule has 20 heavy (non-hydrogen) atoms. The number of carboxylic acids is 1. The first-order chi connectivity index (χ1) is 9.27. The lowest BCUT2D eigenvalue weighted by Crippen LogP contribution is -2.33. The minimum absolute atomic E-state index is 0.0933. The first-order valence-electron chi connectivity index (χ1n) is 6.11. The molecule has 0 aliphatic heterocycles. The highest BCUT2D eigenvalue weighted by atomic mass is 32.2. The molecule has 1 heterocycles. The van der Waals surface area contributed by atoms with Crippen LogP contribution in [0.4, 0.5) is 0 Å². The molecule has 1 saturated carbocycles. The average Bonchev–Trinajstić information content (AvgIpc) is 2.95. The number of carbonyl (C=O) groups excluding carboxylic acids is 1. The van der Waals surface area contributed by atoms with E-state index in [1.165, 1.54) is 12.1 Å². The third-order valence-corrected chi connectivity index (χ3v) is 4.24. The molecule has 0 spiro atoms. The van der Waals surface area contributed by atoms with Crippen LogP contribution in [0.2, 0.25) is 0 Å². The molecule has 0 aromatic carbocycles. The van der Waals surface area contributed by atoms with E-state index >= 15 is 0 Å². The average molecular weight is 301 g/mol. The summed E-state index contributed by atoms with van der Waals surface area (Å²) in [6.07, 6.45) is 2.47. The van der Waals surface area contributed by atoms with Gasteiger partial charge in [-0.3, -0.25) is 9.59 Å². The van der Waals surface area contributed by atoms with Crippen molar-refractivity contribution >= 4 is 21.7 Å². The number of hydrogen-bond donors (Lipinski definition) is 2. The van der Waals surface area contributed by atoms with E-state index in [1.807, 2.05) is 0 Å². The van der Waals surface area contributed by atoms with Crippen molar-refractivity contribution in [2.45, 2.75) is 30.4 Å². The molecule has 1 aromatic rings. The molecule has 0 bridgehead atoms. The summed E-state index contributed by atoms with van der Waals surface area (Å²) in [7, 11) is -3.49. The molecule has 2 N–H and O–H groups in total. The summed E-state index contributed by atoms with van der Waals surface area (Å²) in [5.74, 6) is -1.93. The molecule has 0 saturated heterocycles. The standard InChI is InChI=1S/C12H15NO6S/c1-20(17,18)10-5-4-9(19-10)11(14)13-8-3-2-7(6-8)12(15)16/h4-5,7-8H,2-3,6H2,1H3,(H,13,14)(H,15,16)/t7-,8+/m1/s1. The van der Waals surface area contributed by atoms with Gasteiger partial charge in [0, 0.05) is 12.3 Å². The Kier molecular flexibility index (Phi) is 3.85. The van der Waals surface area contributed by atoms with Gasteiger partial charge in [0.05, 0.1) is 5.92 Å². The molecule has 2 atom stereocenters. The first-order valence-corrected chi connectivity index (χ1v) is 8.00. The summed E-state index contributed by atoms with van der Waals surface area (Å²) >= 11 is 0. The van der Waals surface area contributed by atoms with Gasteiger partial charge in [0.25, 0.3) is 5.91 Å². The highest BCUT2D eigenvalue weighted by molar-refractivity contribution is 7.90. The van der Waals surface area contributed by atoms with E-state index in [0.717, 1.165) is 6.26 Å². The van der Waals surface area contributed by atoms with Crippen LogP contribution in [0.1, 0.15) is 29.8 Å². The van der Waals surface area contributed by atoms with Gasteiger partial charge in [0.2, 0.25) is 14.9 Å². The second-order valence-corrected chi connectivity index (χ2v) is 6.86. The fraction of sp³-hybridized carbons (Fsp3) is 0.500. The monoisotopic (exact) mass is 301 g/mol. The molecular formula is C12H15NO6S. The summed E-state index contributed by atoms with van der Waals surface area (Å²) in [6.45, 7) is 0. The van der Waals surface area contributed by atoms with Crippen LogP contribution in [0.15, 0.2) is 21.6 Å². The highest BCUT2D eigenvalue weighted by Gasteiger charge is 2.31. The van der Waals surface area contributed by atoms with Gasteiger partial charge in [-0.15, -0.1) is 0 Å². The quantitative estimate of drug-likeness (QED) is 0.844. The van der Waals surface area contributed by atoms with Crippen LogP contribution in [0.3, 0.4) is 0 Å². The highest BCUT2D eigenvalue weighted by Crippen LogP contribution is 2.26. The van der Waals surface area contributed by atoms with Gasteiger partial charge < -0.3 is 14.8 Å². The number of aliphatic carboxylic acids is 1. The minimum Gasteiger partial charge on any atom is -0.481 e. The zero-order valence-electron chi connectivity index (χ0n) is 10.8. The Morgan fingerprint density at radius 2 is 2.05 bits per heavy atom. The molecule has 2 rings (SSSR count). The second kappa shape index (κ2) is 5.28. The molecule has 1 aliphatic carbocycles. The van der Waals surface area contributed by atoms with Crippen molar-refractivity contribution in [3.8, 4) is 0 Å². The lowest BCUT2D eigenvalue weighted by Gasteiger charge is -2.10. The van der Waals surface area contributed by atoms with Crippen LogP contribution in [0.5, 0.6) is 0 Å². The Bertz CT molecular complexity index is 632. The van der Waals surface area contributed by atoms with Gasteiger partial charge in [0.15, 0.2) is 5.76 Å². The fourth-order valence-corrected chi connectivity index (χ4v) is 2.79. The second-order valence-electron chi connectivity index (χ2n) is 4.91. The van der Waals surface area contributed by atoms with Crippen molar-refractivity contribution in [3.05, 3.63) is 17.9 Å². The molecule has 7 nitrogen and oxygen atoms in total. The summed E-state index contributed by atoms with van der Waals surface area (Å²) in [5, 5.41) is 11.3. The SMILES string of the molecule is CS(=O)(=O)c1ccc(C(=O)N[C@H]2CC[C@@H](C(=O)O)C2)o1. The van der Waals surface area contributed by atoms with Gasteiger partial charge in [-0.05, 0) is 31.4 Å². The Balaban J connectivity index is 1.99. The van der Waals surface area contributed by atoms with Gasteiger partial charge in [-0.1, -0.05) is 0 Å². The first kappa shape index (κ1) is 14.6. The molecule has 8 heteroatoms. The fourth-order valence-electron chi connectivity index (χ4n) is 2.23. The van der Waals surface area contributed by atoms with Gasteiger partial charge in [-0.2, -0.15) is 0 Å². The maximum absolute atomic E-state index is 11.9. The lowest BCUT2D eigenvalue weighted by atomic mass is 10.1. The predicted molar refractivity (Wildman–Crippen MR) is 68.0 cm³/mol. The smallest absolute Gasteiger partial charge is 0.306 e. The molecule has 1 fully saturated rings. The van der Waals surface area contributed by atoms with Crippen molar-refractivity contribution in [1.82, 2.24) is 5.32 Å². The Labute approximate surface area is 115 Å². The maximum atomic E-state index is 11.9. The van der Waals surface area contributed by atoms with Crippen molar-refractivity contribution in [2.75, 3.05) is 6.26 Å². The van der Waals surface area contributed by atoms with Gasteiger partial charge in [-0.25, -0.2) is 8.42 Å². The third-order valence-electron chi connectivity index (χ3n) is 3.29. The topological polar surface area (TPSA) is 114 Å². The number of carboxylic acid groups (broad SMARTS) is 1. The van der Waals surface area contributed by atoms with Crippen LogP contribution in [-0.2, 0) is 14.6 Å². The summed E-state index contributed by atoms with van der Waals surface area (Å²) in [4.78, 5) is 22.7. The molecule has 1 amide bonds. The van der Waals surface area contributed by atoms with Crippen LogP contribution < -0.4 is 5.32 Å². The number of carbonyl (C=O) groups is 2. The summed E-state index contributed by atoms with van der Waals surface area (Å²) in [5.41, 5.74) is 0. The number of nitrogens with one attached hydrogen (secondary N) is 1. The van der Waals surface area contributed by atoms with Crippen molar-refractivity contribution < 1.29 is 27.5 Å². The van der Waals surface area contributed by atoms with Crippen molar-refractivity contribution in [2.24, 2.45) is 5.92 Å². The van der Waals surface area contributed by atoms with Crippen LogP contribution in [0, 0.1) is 5.92 Å². The third kappa shape index (κ3) is 3.19. The molecule has 0 unspecified atom stereocenters. The van der Waals surface area contributed by atoms with Crippen LogP contribution >= 0.6 is 0 Å². The molecule has 0 radical (unpaired) electrons. The van der Waals surface area contributed by atoms with E-state index in [9.17, 15) is 18.0 Å². The Morgan fingerprint density at radius 1 is 1.35 bits per heavy atom. The van der Waals surface area contributed by atoms with Crippen LogP contribution in [-0.4, -0.2) is 37.7 Å². The van der Waals surface area contributed by atoms with E-state index < -0.39 is 27.6 Å². The predicted octanol–water partition coefficient (Wildman–Crippen LogP) is 0.666. The van der Waals surface area contributed by atoms with Gasteiger partial charge >= 0.3 is 5.97 Å². The van der Waals surface area contributed by atoms with E-state index in [-0.39, 0.29) is 16.9 Å². The van der Waals surface area contributed by atoms with Gasteiger partial charge in [0.1, 0.15) is 0 Å². The minimum atomic E-state index is -3.49. The van der Waals surface area contributed by atoms with E-state index in [1.54, 1.807) is 0 Å². The van der Waals surface area contributed by atoms with Crippen molar-refractivity contribution in [3.63, 3.8) is 0 Å². The van der Waals surface area contributed by atoms with E-state index in [2.05, 4.69) is 5.32 Å².